The van der Waals surface area contributed by atoms with E-state index in [9.17, 15) is 4.79 Å². The largest absolute Gasteiger partial charge is 0.346 e. The summed E-state index contributed by atoms with van der Waals surface area (Å²) in [4.78, 5) is 17.4. The van der Waals surface area contributed by atoms with Crippen molar-refractivity contribution in [3.05, 3.63) is 76.3 Å². The van der Waals surface area contributed by atoms with Gasteiger partial charge in [-0.15, -0.1) is 0 Å². The van der Waals surface area contributed by atoms with Crippen LogP contribution >= 0.6 is 11.6 Å². The van der Waals surface area contributed by atoms with Crippen molar-refractivity contribution in [2.45, 2.75) is 46.1 Å². The molecule has 1 amide bonds. The van der Waals surface area contributed by atoms with Crippen LogP contribution in [0.4, 0.5) is 0 Å². The highest BCUT2D eigenvalue weighted by atomic mass is 35.5. The second-order valence-corrected chi connectivity index (χ2v) is 7.79. The van der Waals surface area contributed by atoms with E-state index in [1.807, 2.05) is 61.0 Å². The van der Waals surface area contributed by atoms with Crippen molar-refractivity contribution in [1.29, 1.82) is 0 Å². The van der Waals surface area contributed by atoms with Crippen LogP contribution in [0.25, 0.3) is 5.69 Å². The molecule has 3 rings (SSSR count). The van der Waals surface area contributed by atoms with Gasteiger partial charge < -0.3 is 5.32 Å². The molecule has 1 N–H and O–H groups in total. The molecule has 3 aromatic rings. The maximum atomic E-state index is 13.2. The Kier molecular flexibility index (Phi) is 6.15. The fourth-order valence-corrected chi connectivity index (χ4v) is 3.37. The van der Waals surface area contributed by atoms with E-state index < -0.39 is 0 Å². The van der Waals surface area contributed by atoms with Gasteiger partial charge in [-0.25, -0.2) is 4.68 Å². The van der Waals surface area contributed by atoms with Gasteiger partial charge in [-0.1, -0.05) is 51.4 Å². The number of benzene rings is 1. The van der Waals surface area contributed by atoms with Gasteiger partial charge in [-0.3, -0.25) is 9.78 Å². The summed E-state index contributed by atoms with van der Waals surface area (Å²) in [6, 6.07) is 13.2. The summed E-state index contributed by atoms with van der Waals surface area (Å²) in [5.41, 5.74) is 3.96. The minimum Gasteiger partial charge on any atom is -0.346 e. The SMILES string of the molecule is CC(C)c1nn(-c2cccc(Cl)c2)c(C(C)C)c1C(=O)NCc1ccccn1. The summed E-state index contributed by atoms with van der Waals surface area (Å²) in [5, 5.41) is 8.44. The summed E-state index contributed by atoms with van der Waals surface area (Å²) in [7, 11) is 0. The quantitative estimate of drug-likeness (QED) is 0.630. The standard InChI is InChI=1S/C22H25ClN4O/c1-14(2)20-19(22(28)25-13-17-9-5-6-11-24-17)21(15(3)4)27(26-20)18-10-7-8-16(23)12-18/h5-12,14-15H,13H2,1-4H3,(H,25,28). The van der Waals surface area contributed by atoms with Crippen molar-refractivity contribution in [3.8, 4) is 5.69 Å². The molecule has 0 atom stereocenters. The fourth-order valence-electron chi connectivity index (χ4n) is 3.19. The van der Waals surface area contributed by atoms with E-state index >= 15 is 0 Å². The molecule has 2 heterocycles. The molecule has 0 saturated heterocycles. The minimum absolute atomic E-state index is 0.105. The van der Waals surface area contributed by atoms with Crippen molar-refractivity contribution in [2.75, 3.05) is 0 Å². The van der Waals surface area contributed by atoms with Crippen molar-refractivity contribution < 1.29 is 4.79 Å². The number of nitrogens with zero attached hydrogens (tertiary/aromatic N) is 3. The van der Waals surface area contributed by atoms with Crippen LogP contribution < -0.4 is 5.32 Å². The number of pyridine rings is 1. The number of amides is 1. The summed E-state index contributed by atoms with van der Waals surface area (Å²) >= 11 is 6.19. The second-order valence-electron chi connectivity index (χ2n) is 7.35. The van der Waals surface area contributed by atoms with Gasteiger partial charge >= 0.3 is 0 Å². The van der Waals surface area contributed by atoms with Gasteiger partial charge in [0.25, 0.3) is 5.91 Å². The summed E-state index contributed by atoms with van der Waals surface area (Å²) in [5.74, 6) is 0.0782. The summed E-state index contributed by atoms with van der Waals surface area (Å²) < 4.78 is 1.85. The number of hydrogen-bond donors (Lipinski definition) is 1. The zero-order chi connectivity index (χ0) is 20.3. The molecule has 0 aliphatic carbocycles. The third kappa shape index (κ3) is 4.25. The fraction of sp³-hybridized carbons (Fsp3) is 0.318. The molecule has 0 saturated carbocycles. The average molecular weight is 397 g/mol. The number of nitrogens with one attached hydrogen (secondary N) is 1. The third-order valence-corrected chi connectivity index (χ3v) is 4.71. The van der Waals surface area contributed by atoms with Gasteiger partial charge in [-0.05, 0) is 42.2 Å². The van der Waals surface area contributed by atoms with Crippen LogP contribution in [0, 0.1) is 0 Å². The molecule has 1 aromatic carbocycles. The van der Waals surface area contributed by atoms with Gasteiger partial charge in [0, 0.05) is 11.2 Å². The molecular formula is C22H25ClN4O. The monoisotopic (exact) mass is 396 g/mol. The van der Waals surface area contributed by atoms with E-state index in [-0.39, 0.29) is 17.7 Å². The van der Waals surface area contributed by atoms with Crippen LogP contribution in [0.15, 0.2) is 48.7 Å². The number of carbonyl (C=O) groups excluding carboxylic acids is 1. The number of hydrogen-bond acceptors (Lipinski definition) is 3. The molecule has 0 radical (unpaired) electrons. The number of rotatable bonds is 6. The smallest absolute Gasteiger partial charge is 0.255 e. The van der Waals surface area contributed by atoms with Crippen molar-refractivity contribution in [2.24, 2.45) is 0 Å². The molecule has 0 unspecified atom stereocenters. The van der Waals surface area contributed by atoms with Gasteiger partial charge in [-0.2, -0.15) is 5.10 Å². The van der Waals surface area contributed by atoms with Crippen LogP contribution in [0.3, 0.4) is 0 Å². The van der Waals surface area contributed by atoms with Gasteiger partial charge in [0.2, 0.25) is 0 Å². The lowest BCUT2D eigenvalue weighted by molar-refractivity contribution is 0.0947. The first-order valence-electron chi connectivity index (χ1n) is 9.45. The van der Waals surface area contributed by atoms with E-state index in [0.717, 1.165) is 22.8 Å². The first kappa shape index (κ1) is 20.1. The maximum Gasteiger partial charge on any atom is 0.255 e. The molecule has 0 aliphatic rings. The van der Waals surface area contributed by atoms with Gasteiger partial charge in [0.15, 0.2) is 0 Å². The van der Waals surface area contributed by atoms with Crippen LogP contribution in [-0.4, -0.2) is 20.7 Å². The Balaban J connectivity index is 2.04. The lowest BCUT2D eigenvalue weighted by atomic mass is 9.98. The van der Waals surface area contributed by atoms with E-state index in [1.54, 1.807) is 6.20 Å². The molecule has 5 nitrogen and oxygen atoms in total. The molecule has 0 spiro atoms. The Morgan fingerprint density at radius 2 is 1.89 bits per heavy atom. The topological polar surface area (TPSA) is 59.8 Å². The highest BCUT2D eigenvalue weighted by molar-refractivity contribution is 6.30. The van der Waals surface area contributed by atoms with E-state index in [2.05, 4.69) is 24.1 Å². The third-order valence-electron chi connectivity index (χ3n) is 4.48. The van der Waals surface area contributed by atoms with E-state index in [1.165, 1.54) is 0 Å². The zero-order valence-electron chi connectivity index (χ0n) is 16.6. The Bertz CT molecular complexity index is 964. The number of aromatic nitrogens is 3. The van der Waals surface area contributed by atoms with Gasteiger partial charge in [0.1, 0.15) is 0 Å². The Morgan fingerprint density at radius 3 is 2.50 bits per heavy atom. The van der Waals surface area contributed by atoms with Crippen LogP contribution in [0.2, 0.25) is 5.02 Å². The first-order chi connectivity index (χ1) is 13.4. The van der Waals surface area contributed by atoms with Crippen LogP contribution in [0.5, 0.6) is 0 Å². The van der Waals surface area contributed by atoms with Crippen molar-refractivity contribution >= 4 is 17.5 Å². The normalized spacial score (nSPS) is 11.2. The van der Waals surface area contributed by atoms with Crippen LogP contribution in [0.1, 0.15) is 67.0 Å². The molecule has 0 fully saturated rings. The predicted octanol–water partition coefficient (Wildman–Crippen LogP) is 5.10. The van der Waals surface area contributed by atoms with Crippen molar-refractivity contribution in [3.63, 3.8) is 0 Å². The molecule has 0 bridgehead atoms. The lowest BCUT2D eigenvalue weighted by Gasteiger charge is -2.13. The van der Waals surface area contributed by atoms with Gasteiger partial charge in [0.05, 0.1) is 34.9 Å². The minimum atomic E-state index is -0.133. The molecule has 28 heavy (non-hydrogen) atoms. The zero-order valence-corrected chi connectivity index (χ0v) is 17.4. The molecule has 0 aliphatic heterocycles. The van der Waals surface area contributed by atoms with E-state index in [0.29, 0.717) is 17.1 Å². The maximum absolute atomic E-state index is 13.2. The predicted molar refractivity (Wildman–Crippen MR) is 112 cm³/mol. The Hall–Kier alpha value is -2.66. The number of carbonyl (C=O) groups is 1. The average Bonchev–Trinajstić information content (AvgIpc) is 3.08. The molecule has 2 aromatic heterocycles. The molecular weight excluding hydrogens is 372 g/mol. The highest BCUT2D eigenvalue weighted by Gasteiger charge is 2.27. The number of halogens is 1. The summed E-state index contributed by atoms with van der Waals surface area (Å²) in [6.07, 6.45) is 1.72. The highest BCUT2D eigenvalue weighted by Crippen LogP contribution is 2.30. The molecule has 146 valence electrons. The van der Waals surface area contributed by atoms with Crippen molar-refractivity contribution in [1.82, 2.24) is 20.1 Å². The molecule has 6 heteroatoms. The Labute approximate surface area is 170 Å². The first-order valence-corrected chi connectivity index (χ1v) is 9.83. The van der Waals surface area contributed by atoms with E-state index in [4.69, 9.17) is 16.7 Å². The van der Waals surface area contributed by atoms with Crippen LogP contribution in [-0.2, 0) is 6.54 Å². The summed E-state index contributed by atoms with van der Waals surface area (Å²) in [6.45, 7) is 8.60. The second kappa shape index (κ2) is 8.57. The lowest BCUT2D eigenvalue weighted by Crippen LogP contribution is -2.25. The Morgan fingerprint density at radius 1 is 1.11 bits per heavy atom.